The third kappa shape index (κ3) is 39.2. The summed E-state index contributed by atoms with van der Waals surface area (Å²) in [5.74, 6) is 0. The molecule has 0 aromatic rings. The molecule has 0 heterocycles. The third-order valence-electron chi connectivity index (χ3n) is 0.189. The minimum absolute atomic E-state index is 0. The number of hydrogen-bond acceptors (Lipinski definition) is 8. The van der Waals surface area contributed by atoms with Crippen LogP contribution in [0.15, 0.2) is 0 Å². The van der Waals surface area contributed by atoms with E-state index in [1.807, 2.05) is 0 Å². The van der Waals surface area contributed by atoms with Crippen LogP contribution in [0.4, 0.5) is 0 Å². The Labute approximate surface area is 133 Å². The molecule has 0 atom stereocenters. The molecule has 0 saturated carbocycles. The summed E-state index contributed by atoms with van der Waals surface area (Å²) in [6.45, 7) is 0. The van der Waals surface area contributed by atoms with Gasteiger partial charge in [0.25, 0.3) is 0 Å². The van der Waals surface area contributed by atoms with Crippen LogP contribution in [0.5, 0.6) is 0 Å². The summed E-state index contributed by atoms with van der Waals surface area (Å²) in [4.78, 5) is 5.72. The zero-order chi connectivity index (χ0) is 8.57. The predicted octanol–water partition coefficient (Wildman–Crippen LogP) is -4.41. The van der Waals surface area contributed by atoms with Crippen molar-refractivity contribution in [2.24, 2.45) is 0 Å². The van der Waals surface area contributed by atoms with E-state index in [1.165, 1.54) is 0 Å². The van der Waals surface area contributed by atoms with Gasteiger partial charge in [0.15, 0.2) is 0 Å². The normalized spacial score (nSPS) is 6.50. The van der Waals surface area contributed by atoms with Crippen LogP contribution < -0.4 is 0 Å². The molecular formula is H8B2KNaO8. The van der Waals surface area contributed by atoms with Crippen molar-refractivity contribution >= 4 is 95.6 Å². The average molecular weight is 220 g/mol. The zero-order valence-corrected chi connectivity index (χ0v) is 4.65. The van der Waals surface area contributed by atoms with Gasteiger partial charge in [-0.1, -0.05) is 0 Å². The molecular weight excluding hydrogens is 212 g/mol. The Balaban J connectivity index is -0.0000000457. The molecule has 0 rings (SSSR count). The van der Waals surface area contributed by atoms with Gasteiger partial charge in [0.1, 0.15) is 0 Å². The van der Waals surface area contributed by atoms with Crippen molar-refractivity contribution in [3.05, 3.63) is 0 Å². The first kappa shape index (κ1) is 23.9. The van der Waals surface area contributed by atoms with Crippen LogP contribution in [-0.4, -0.2) is 126 Å². The van der Waals surface area contributed by atoms with Crippen molar-refractivity contribution in [2.45, 2.75) is 0 Å². The molecule has 0 radical (unpaired) electrons. The Morgan fingerprint density at radius 2 is 0.833 bits per heavy atom. The molecule has 0 aromatic carbocycles. The molecule has 8 nitrogen and oxygen atoms in total. The molecule has 0 unspecified atom stereocenters. The SMILES string of the molecule is OOB(O)O.OOB(O)O.[KH].[NaH]. The Bertz CT molecular complexity index is 53.0. The second-order valence-corrected chi connectivity index (χ2v) is 0.863. The summed E-state index contributed by atoms with van der Waals surface area (Å²) in [6, 6.07) is 0. The first-order valence-electron chi connectivity index (χ1n) is 1.87. The minimum atomic E-state index is -2.06. The van der Waals surface area contributed by atoms with Crippen molar-refractivity contribution in [1.82, 2.24) is 0 Å². The van der Waals surface area contributed by atoms with E-state index in [0.717, 1.165) is 0 Å². The second-order valence-electron chi connectivity index (χ2n) is 0.863. The van der Waals surface area contributed by atoms with E-state index >= 15 is 0 Å². The Kier molecular flexibility index (Phi) is 38.1. The van der Waals surface area contributed by atoms with Crippen molar-refractivity contribution in [1.29, 1.82) is 0 Å². The van der Waals surface area contributed by atoms with Gasteiger partial charge in [0, 0.05) is 0 Å². The molecule has 6 N–H and O–H groups in total. The van der Waals surface area contributed by atoms with E-state index in [2.05, 4.69) is 9.61 Å². The first-order valence-corrected chi connectivity index (χ1v) is 1.87. The zero-order valence-electron chi connectivity index (χ0n) is 4.65. The van der Waals surface area contributed by atoms with Gasteiger partial charge in [0.05, 0.1) is 0 Å². The number of rotatable bonds is 2. The molecule has 0 aliphatic carbocycles. The molecule has 0 aliphatic heterocycles. The fourth-order valence-corrected chi connectivity index (χ4v) is 0. The Morgan fingerprint density at radius 1 is 0.750 bits per heavy atom. The van der Waals surface area contributed by atoms with Crippen LogP contribution in [0.2, 0.25) is 0 Å². The summed E-state index contributed by atoms with van der Waals surface area (Å²) in [5.41, 5.74) is 0. The summed E-state index contributed by atoms with van der Waals surface area (Å²) in [7, 11) is -4.12. The number of hydrogen-bond donors (Lipinski definition) is 6. The third-order valence-corrected chi connectivity index (χ3v) is 0.189. The van der Waals surface area contributed by atoms with Gasteiger partial charge in [-0.15, -0.1) is 0 Å². The summed E-state index contributed by atoms with van der Waals surface area (Å²) >= 11 is 0. The van der Waals surface area contributed by atoms with E-state index in [9.17, 15) is 0 Å². The van der Waals surface area contributed by atoms with E-state index in [0.29, 0.717) is 0 Å². The van der Waals surface area contributed by atoms with Gasteiger partial charge in [-0.2, -0.15) is 0 Å². The van der Waals surface area contributed by atoms with Gasteiger partial charge < -0.3 is 20.1 Å². The molecule has 0 spiro atoms. The maximum absolute atomic E-state index is 7.44. The van der Waals surface area contributed by atoms with Crippen LogP contribution in [0.25, 0.3) is 0 Å². The molecule has 0 fully saturated rings. The van der Waals surface area contributed by atoms with Crippen molar-refractivity contribution < 1.29 is 40.2 Å². The van der Waals surface area contributed by atoms with Crippen LogP contribution in [0.3, 0.4) is 0 Å². The van der Waals surface area contributed by atoms with Crippen molar-refractivity contribution in [2.75, 3.05) is 0 Å². The molecule has 0 bridgehead atoms. The van der Waals surface area contributed by atoms with E-state index in [1.54, 1.807) is 0 Å². The summed E-state index contributed by atoms with van der Waals surface area (Å²) < 4.78 is 0. The van der Waals surface area contributed by atoms with E-state index in [4.69, 9.17) is 30.6 Å². The average Bonchev–Trinajstić information content (AvgIpc) is 1.89. The fourth-order valence-electron chi connectivity index (χ4n) is 0. The van der Waals surface area contributed by atoms with E-state index in [-0.39, 0.29) is 80.9 Å². The predicted molar refractivity (Wildman–Crippen MR) is 42.1 cm³/mol. The second kappa shape index (κ2) is 19.1. The van der Waals surface area contributed by atoms with Gasteiger partial charge in [-0.25, -0.2) is 9.61 Å². The van der Waals surface area contributed by atoms with Gasteiger partial charge in [0.2, 0.25) is 0 Å². The molecule has 0 saturated heterocycles. The monoisotopic (exact) mass is 220 g/mol. The van der Waals surface area contributed by atoms with Crippen LogP contribution in [-0.2, 0) is 9.61 Å². The topological polar surface area (TPSA) is 140 Å². The molecule has 0 aromatic heterocycles. The van der Waals surface area contributed by atoms with Gasteiger partial charge in [-0.05, 0) is 0 Å². The van der Waals surface area contributed by atoms with Gasteiger partial charge in [-0.3, -0.25) is 10.5 Å². The first-order chi connectivity index (χ1) is 4.54. The summed E-state index contributed by atoms with van der Waals surface area (Å²) in [6.07, 6.45) is 0. The fraction of sp³-hybridized carbons (Fsp3) is 0. The molecule has 64 valence electrons. The molecule has 12 heteroatoms. The Morgan fingerprint density at radius 3 is 0.833 bits per heavy atom. The standard InChI is InChI=1S/2BH3O4.K.Na.2H/c2*2-1(3)5-4;;;;/h2*2-4H;;;;. The quantitative estimate of drug-likeness (QED) is 0.155. The van der Waals surface area contributed by atoms with Crippen molar-refractivity contribution in [3.63, 3.8) is 0 Å². The molecule has 0 amide bonds. The van der Waals surface area contributed by atoms with Crippen molar-refractivity contribution in [3.8, 4) is 0 Å². The molecule has 0 aliphatic rings. The maximum atomic E-state index is 7.44. The Hall–Kier alpha value is 2.45. The van der Waals surface area contributed by atoms with E-state index < -0.39 is 14.6 Å². The van der Waals surface area contributed by atoms with Crippen LogP contribution >= 0.6 is 0 Å². The van der Waals surface area contributed by atoms with Crippen LogP contribution in [0, 0.1) is 0 Å². The summed E-state index contributed by atoms with van der Waals surface area (Å²) in [5, 5.41) is 44.1. The van der Waals surface area contributed by atoms with Gasteiger partial charge >= 0.3 is 95.6 Å². The van der Waals surface area contributed by atoms with Crippen LogP contribution in [0.1, 0.15) is 0 Å². The molecule has 12 heavy (non-hydrogen) atoms.